The van der Waals surface area contributed by atoms with Crippen LogP contribution >= 0.6 is 15.9 Å². The Morgan fingerprint density at radius 3 is 2.85 bits per heavy atom. The van der Waals surface area contributed by atoms with Crippen molar-refractivity contribution in [2.75, 3.05) is 18.5 Å². The van der Waals surface area contributed by atoms with E-state index in [9.17, 15) is 0 Å². The fraction of sp³-hybridized carbons (Fsp3) is 0.647. The molecule has 110 valence electrons. The molecule has 2 atom stereocenters. The minimum Gasteiger partial charge on any atom is -0.368 e. The molecule has 0 spiro atoms. The number of piperidine rings is 1. The lowest BCUT2D eigenvalue weighted by Gasteiger charge is -2.46. The molecule has 1 saturated carbocycles. The van der Waals surface area contributed by atoms with E-state index in [1.807, 2.05) is 7.05 Å². The quantitative estimate of drug-likeness (QED) is 0.883. The third kappa shape index (κ3) is 2.89. The number of fused-ring (bicyclic) bond motifs is 1. The minimum absolute atomic E-state index is 0.786. The summed E-state index contributed by atoms with van der Waals surface area (Å²) in [6.45, 7) is 2.18. The number of benzene rings is 1. The summed E-state index contributed by atoms with van der Waals surface area (Å²) in [4.78, 5) is 2.71. The van der Waals surface area contributed by atoms with Crippen molar-refractivity contribution in [2.24, 2.45) is 5.92 Å². The maximum atomic E-state index is 3.61. The maximum Gasteiger partial charge on any atom is 0.0415 e. The fourth-order valence-corrected chi connectivity index (χ4v) is 4.50. The SMILES string of the molecule is CNCc1cc(Br)ccc1N1CCC[C@H]2CCCC[C@H]21. The van der Waals surface area contributed by atoms with Crippen LogP contribution in [-0.2, 0) is 6.54 Å². The van der Waals surface area contributed by atoms with E-state index in [4.69, 9.17) is 0 Å². The molecule has 2 aliphatic rings. The monoisotopic (exact) mass is 336 g/mol. The van der Waals surface area contributed by atoms with Crippen LogP contribution in [0, 0.1) is 5.92 Å². The van der Waals surface area contributed by atoms with Crippen LogP contribution in [0.2, 0.25) is 0 Å². The van der Waals surface area contributed by atoms with Crippen molar-refractivity contribution in [3.63, 3.8) is 0 Å². The molecule has 0 unspecified atom stereocenters. The number of halogens is 1. The molecule has 0 aromatic heterocycles. The summed E-state index contributed by atoms with van der Waals surface area (Å²) in [5, 5.41) is 3.32. The molecule has 2 fully saturated rings. The summed E-state index contributed by atoms with van der Waals surface area (Å²) in [5.41, 5.74) is 2.88. The third-order valence-electron chi connectivity index (χ3n) is 4.96. The van der Waals surface area contributed by atoms with Gasteiger partial charge in [0, 0.05) is 29.3 Å². The molecule has 0 amide bonds. The number of hydrogen-bond donors (Lipinski definition) is 1. The fourth-order valence-electron chi connectivity index (χ4n) is 4.09. The zero-order chi connectivity index (χ0) is 13.9. The predicted molar refractivity (Wildman–Crippen MR) is 89.2 cm³/mol. The molecule has 1 aromatic rings. The molecular weight excluding hydrogens is 312 g/mol. The van der Waals surface area contributed by atoms with Crippen molar-refractivity contribution in [1.82, 2.24) is 5.32 Å². The van der Waals surface area contributed by atoms with Gasteiger partial charge in [0.25, 0.3) is 0 Å². The summed E-state index contributed by atoms with van der Waals surface area (Å²) in [6.07, 6.45) is 8.49. The van der Waals surface area contributed by atoms with Crippen molar-refractivity contribution in [2.45, 2.75) is 51.1 Å². The van der Waals surface area contributed by atoms with Crippen LogP contribution in [0.3, 0.4) is 0 Å². The summed E-state index contributed by atoms with van der Waals surface area (Å²) in [7, 11) is 2.03. The molecular formula is C17H25BrN2. The highest BCUT2D eigenvalue weighted by Crippen LogP contribution is 2.39. The average Bonchev–Trinajstić information content (AvgIpc) is 2.47. The van der Waals surface area contributed by atoms with E-state index >= 15 is 0 Å². The van der Waals surface area contributed by atoms with Crippen LogP contribution < -0.4 is 10.2 Å². The van der Waals surface area contributed by atoms with Gasteiger partial charge in [-0.25, -0.2) is 0 Å². The summed E-state index contributed by atoms with van der Waals surface area (Å²) >= 11 is 3.61. The molecule has 3 rings (SSSR count). The topological polar surface area (TPSA) is 15.3 Å². The number of hydrogen-bond acceptors (Lipinski definition) is 2. The highest BCUT2D eigenvalue weighted by atomic mass is 79.9. The highest BCUT2D eigenvalue weighted by molar-refractivity contribution is 9.10. The standard InChI is InChI=1S/C17H25BrN2/c1-19-12-14-11-15(18)8-9-17(14)20-10-4-6-13-5-2-3-7-16(13)20/h8-9,11,13,16,19H,2-7,10,12H2,1H3/t13-,16-/m1/s1. The zero-order valence-electron chi connectivity index (χ0n) is 12.4. The summed E-state index contributed by atoms with van der Waals surface area (Å²) in [6, 6.07) is 7.57. The molecule has 1 aliphatic heterocycles. The smallest absolute Gasteiger partial charge is 0.0415 e. The van der Waals surface area contributed by atoms with Gasteiger partial charge in [-0.15, -0.1) is 0 Å². The van der Waals surface area contributed by atoms with Crippen LogP contribution in [0.5, 0.6) is 0 Å². The molecule has 0 bridgehead atoms. The van der Waals surface area contributed by atoms with Gasteiger partial charge in [-0.1, -0.05) is 28.8 Å². The second-order valence-electron chi connectivity index (χ2n) is 6.25. The van der Waals surface area contributed by atoms with Crippen LogP contribution in [0.4, 0.5) is 5.69 Å². The zero-order valence-corrected chi connectivity index (χ0v) is 14.0. The van der Waals surface area contributed by atoms with E-state index in [1.54, 1.807) is 0 Å². The van der Waals surface area contributed by atoms with Gasteiger partial charge in [-0.05, 0) is 62.4 Å². The Bertz CT molecular complexity index is 458. The van der Waals surface area contributed by atoms with Crippen molar-refractivity contribution in [3.05, 3.63) is 28.2 Å². The Morgan fingerprint density at radius 2 is 2.00 bits per heavy atom. The first-order valence-corrected chi connectivity index (χ1v) is 8.78. The van der Waals surface area contributed by atoms with Crippen molar-refractivity contribution in [3.8, 4) is 0 Å². The van der Waals surface area contributed by atoms with Crippen LogP contribution in [0.25, 0.3) is 0 Å². The first-order chi connectivity index (χ1) is 9.79. The highest BCUT2D eigenvalue weighted by Gasteiger charge is 2.33. The molecule has 3 heteroatoms. The lowest BCUT2D eigenvalue weighted by molar-refractivity contribution is 0.243. The summed E-state index contributed by atoms with van der Waals surface area (Å²) < 4.78 is 1.18. The van der Waals surface area contributed by atoms with E-state index in [1.165, 1.54) is 60.8 Å². The average molecular weight is 337 g/mol. The maximum absolute atomic E-state index is 3.61. The van der Waals surface area contributed by atoms with E-state index in [0.29, 0.717) is 0 Å². The molecule has 1 N–H and O–H groups in total. The normalized spacial score (nSPS) is 26.4. The predicted octanol–water partition coefficient (Wildman–Crippen LogP) is 4.33. The second kappa shape index (κ2) is 6.48. The van der Waals surface area contributed by atoms with Crippen LogP contribution in [0.1, 0.15) is 44.1 Å². The Balaban J connectivity index is 1.90. The van der Waals surface area contributed by atoms with E-state index in [-0.39, 0.29) is 0 Å². The van der Waals surface area contributed by atoms with E-state index < -0.39 is 0 Å². The van der Waals surface area contributed by atoms with Crippen molar-refractivity contribution in [1.29, 1.82) is 0 Å². The first-order valence-electron chi connectivity index (χ1n) is 7.99. The summed E-state index contributed by atoms with van der Waals surface area (Å²) in [5.74, 6) is 0.934. The Hall–Kier alpha value is -0.540. The molecule has 1 aromatic carbocycles. The van der Waals surface area contributed by atoms with Gasteiger partial charge in [0.1, 0.15) is 0 Å². The molecule has 1 heterocycles. The molecule has 2 nitrogen and oxygen atoms in total. The van der Waals surface area contributed by atoms with Gasteiger partial charge in [0.15, 0.2) is 0 Å². The number of nitrogens with one attached hydrogen (secondary N) is 1. The molecule has 0 radical (unpaired) electrons. The Kier molecular flexibility index (Phi) is 4.67. The number of anilines is 1. The first kappa shape index (κ1) is 14.4. The Morgan fingerprint density at radius 1 is 1.20 bits per heavy atom. The van der Waals surface area contributed by atoms with Crippen LogP contribution in [0.15, 0.2) is 22.7 Å². The van der Waals surface area contributed by atoms with Gasteiger partial charge in [-0.3, -0.25) is 0 Å². The van der Waals surface area contributed by atoms with Gasteiger partial charge in [0.2, 0.25) is 0 Å². The van der Waals surface area contributed by atoms with Crippen molar-refractivity contribution < 1.29 is 0 Å². The van der Waals surface area contributed by atoms with Gasteiger partial charge in [-0.2, -0.15) is 0 Å². The van der Waals surface area contributed by atoms with E-state index in [2.05, 4.69) is 44.3 Å². The lowest BCUT2D eigenvalue weighted by Crippen LogP contribution is -2.47. The largest absolute Gasteiger partial charge is 0.368 e. The van der Waals surface area contributed by atoms with Crippen LogP contribution in [-0.4, -0.2) is 19.6 Å². The minimum atomic E-state index is 0.786. The van der Waals surface area contributed by atoms with Gasteiger partial charge in [0.05, 0.1) is 0 Å². The van der Waals surface area contributed by atoms with Crippen molar-refractivity contribution >= 4 is 21.6 Å². The van der Waals surface area contributed by atoms with Gasteiger partial charge >= 0.3 is 0 Å². The lowest BCUT2D eigenvalue weighted by atomic mass is 9.78. The van der Waals surface area contributed by atoms with Gasteiger partial charge < -0.3 is 10.2 Å². The molecule has 1 saturated heterocycles. The number of nitrogens with zero attached hydrogens (tertiary/aromatic N) is 1. The molecule has 20 heavy (non-hydrogen) atoms. The number of rotatable bonds is 3. The molecule has 1 aliphatic carbocycles. The second-order valence-corrected chi connectivity index (χ2v) is 7.17. The van der Waals surface area contributed by atoms with E-state index in [0.717, 1.165) is 18.5 Å². The Labute approximate surface area is 131 Å². The third-order valence-corrected chi connectivity index (χ3v) is 5.45.